The van der Waals surface area contributed by atoms with Crippen molar-refractivity contribution >= 4 is 0 Å². The summed E-state index contributed by atoms with van der Waals surface area (Å²) in [4.78, 5) is 16.4. The molecule has 0 fully saturated rings. The van der Waals surface area contributed by atoms with E-state index in [-0.39, 0.29) is 0 Å². The average molecular weight is 918 g/mol. The lowest BCUT2D eigenvalue weighted by molar-refractivity contribution is 1.07. The first-order chi connectivity index (χ1) is 35.7. The molecular weight excluding hydrogens is 871 g/mol. The Hall–Kier alpha value is -9.57. The highest BCUT2D eigenvalue weighted by molar-refractivity contribution is 6.16. The molecule has 1 heterocycles. The highest BCUT2D eigenvalue weighted by Gasteiger charge is 2.30. The fraction of sp³-hybridized carbons (Fsp3) is 0. The van der Waals surface area contributed by atoms with E-state index < -0.39 is 0 Å². The third kappa shape index (κ3) is 8.61. The van der Waals surface area contributed by atoms with Crippen LogP contribution in [0.25, 0.3) is 123 Å². The van der Waals surface area contributed by atoms with Crippen LogP contribution in [0, 0.1) is 0 Å². The van der Waals surface area contributed by atoms with Gasteiger partial charge in [0.25, 0.3) is 0 Å². The molecule has 0 unspecified atom stereocenters. The van der Waals surface area contributed by atoms with Crippen molar-refractivity contribution in [1.29, 1.82) is 0 Å². The van der Waals surface area contributed by atoms with E-state index >= 15 is 0 Å². The molecule has 0 amide bonds. The van der Waals surface area contributed by atoms with Gasteiger partial charge in [0, 0.05) is 16.7 Å². The number of rotatable bonds is 11. The normalized spacial score (nSPS) is 11.1. The molecule has 0 spiro atoms. The molecule has 12 rings (SSSR count). The van der Waals surface area contributed by atoms with Crippen LogP contribution < -0.4 is 0 Å². The zero-order valence-electron chi connectivity index (χ0n) is 39.5. The van der Waals surface area contributed by atoms with Gasteiger partial charge in [0.15, 0.2) is 17.5 Å². The van der Waals surface area contributed by atoms with E-state index in [1.165, 1.54) is 0 Å². The predicted octanol–water partition coefficient (Wildman–Crippen LogP) is 18.2. The first-order valence-electron chi connectivity index (χ1n) is 24.4. The average Bonchev–Trinajstić information content (AvgIpc) is 3.48. The highest BCUT2D eigenvalue weighted by atomic mass is 15.0. The Kier molecular flexibility index (Phi) is 12.0. The summed E-state index contributed by atoms with van der Waals surface area (Å²) < 4.78 is 0. The molecular formula is C69H47N3. The van der Waals surface area contributed by atoms with Gasteiger partial charge in [-0.25, -0.2) is 15.0 Å². The number of nitrogens with zero attached hydrogens (tertiary/aromatic N) is 3. The summed E-state index contributed by atoms with van der Waals surface area (Å²) in [7, 11) is 0. The van der Waals surface area contributed by atoms with Crippen molar-refractivity contribution in [2.45, 2.75) is 0 Å². The van der Waals surface area contributed by atoms with Crippen LogP contribution in [-0.2, 0) is 0 Å². The number of hydrogen-bond donors (Lipinski definition) is 0. The van der Waals surface area contributed by atoms with Gasteiger partial charge in [-0.1, -0.05) is 273 Å². The Morgan fingerprint density at radius 1 is 0.153 bits per heavy atom. The monoisotopic (exact) mass is 917 g/mol. The van der Waals surface area contributed by atoms with Crippen LogP contribution in [0.2, 0.25) is 0 Å². The summed E-state index contributed by atoms with van der Waals surface area (Å²) in [6.45, 7) is 0. The van der Waals surface area contributed by atoms with E-state index in [1.54, 1.807) is 0 Å². The fourth-order valence-electron chi connectivity index (χ4n) is 10.1. The Bertz CT molecular complexity index is 3600. The summed E-state index contributed by atoms with van der Waals surface area (Å²) in [5.74, 6) is 1.76. The van der Waals surface area contributed by atoms with Crippen LogP contribution in [0.4, 0.5) is 0 Å². The quantitative estimate of drug-likeness (QED) is 0.130. The van der Waals surface area contributed by atoms with Gasteiger partial charge in [-0.05, 0) is 101 Å². The summed E-state index contributed by atoms with van der Waals surface area (Å²) in [6, 6.07) is 101. The second-order valence-corrected chi connectivity index (χ2v) is 17.8. The summed E-state index contributed by atoms with van der Waals surface area (Å²) in [5, 5.41) is 0. The van der Waals surface area contributed by atoms with Crippen LogP contribution in [0.3, 0.4) is 0 Å². The first-order valence-corrected chi connectivity index (χ1v) is 24.4. The van der Waals surface area contributed by atoms with Crippen LogP contribution in [-0.4, -0.2) is 15.0 Å². The van der Waals surface area contributed by atoms with E-state index in [9.17, 15) is 0 Å². The van der Waals surface area contributed by atoms with Crippen molar-refractivity contribution in [1.82, 2.24) is 15.0 Å². The fourth-order valence-corrected chi connectivity index (χ4v) is 10.1. The van der Waals surface area contributed by atoms with E-state index in [4.69, 9.17) is 15.0 Å². The number of hydrogen-bond acceptors (Lipinski definition) is 3. The molecule has 72 heavy (non-hydrogen) atoms. The third-order valence-electron chi connectivity index (χ3n) is 13.3. The number of benzene rings is 11. The second-order valence-electron chi connectivity index (χ2n) is 17.8. The van der Waals surface area contributed by atoms with Gasteiger partial charge < -0.3 is 0 Å². The van der Waals surface area contributed by atoms with Gasteiger partial charge in [0.2, 0.25) is 0 Å². The van der Waals surface area contributed by atoms with Crippen LogP contribution >= 0.6 is 0 Å². The Balaban J connectivity index is 1.22. The SMILES string of the molecule is c1ccc(-c2cccc(-c3nc(-c4cccc(-c5ccccc5)c4)nc(-c4ccccc4-c4c(-c5ccccc5)c(-c5ccccc5)c(-c5ccccc5)c(-c5ccccc5)c4-c4ccccc4)n3)c2)cc1. The molecule has 0 radical (unpaired) electrons. The minimum Gasteiger partial charge on any atom is -0.208 e. The molecule has 0 aliphatic carbocycles. The van der Waals surface area contributed by atoms with Crippen molar-refractivity contribution in [3.05, 3.63) is 285 Å². The van der Waals surface area contributed by atoms with Crippen LogP contribution in [0.1, 0.15) is 0 Å². The zero-order chi connectivity index (χ0) is 48.1. The summed E-state index contributed by atoms with van der Waals surface area (Å²) in [5.41, 5.74) is 20.4. The van der Waals surface area contributed by atoms with E-state index in [1.807, 2.05) is 12.1 Å². The molecule has 338 valence electrons. The van der Waals surface area contributed by atoms with Gasteiger partial charge in [0.05, 0.1) is 0 Å². The van der Waals surface area contributed by atoms with Gasteiger partial charge in [-0.15, -0.1) is 0 Å². The lowest BCUT2D eigenvalue weighted by Gasteiger charge is -2.29. The largest absolute Gasteiger partial charge is 0.208 e. The van der Waals surface area contributed by atoms with E-state index in [2.05, 4.69) is 273 Å². The maximum absolute atomic E-state index is 5.51. The Morgan fingerprint density at radius 2 is 0.389 bits per heavy atom. The molecule has 3 nitrogen and oxygen atoms in total. The van der Waals surface area contributed by atoms with Gasteiger partial charge in [-0.3, -0.25) is 0 Å². The first kappa shape index (κ1) is 43.7. The van der Waals surface area contributed by atoms with Crippen molar-refractivity contribution in [3.63, 3.8) is 0 Å². The molecule has 0 atom stereocenters. The molecule has 3 heteroatoms. The maximum atomic E-state index is 5.51. The van der Waals surface area contributed by atoms with Crippen molar-refractivity contribution in [2.24, 2.45) is 0 Å². The van der Waals surface area contributed by atoms with E-state index in [0.29, 0.717) is 17.5 Å². The predicted molar refractivity (Wildman–Crippen MR) is 300 cm³/mol. The summed E-state index contributed by atoms with van der Waals surface area (Å²) in [6.07, 6.45) is 0. The molecule has 0 saturated carbocycles. The topological polar surface area (TPSA) is 38.7 Å². The van der Waals surface area contributed by atoms with Gasteiger partial charge in [0.1, 0.15) is 0 Å². The minimum atomic E-state index is 0.577. The molecule has 11 aromatic carbocycles. The lowest BCUT2D eigenvalue weighted by atomic mass is 9.73. The summed E-state index contributed by atoms with van der Waals surface area (Å²) >= 11 is 0. The maximum Gasteiger partial charge on any atom is 0.164 e. The molecule has 12 aromatic rings. The smallest absolute Gasteiger partial charge is 0.164 e. The van der Waals surface area contributed by atoms with Crippen molar-refractivity contribution in [2.75, 3.05) is 0 Å². The van der Waals surface area contributed by atoms with E-state index in [0.717, 1.165) is 106 Å². The lowest BCUT2D eigenvalue weighted by Crippen LogP contribution is -2.04. The minimum absolute atomic E-state index is 0.577. The molecule has 0 saturated heterocycles. The van der Waals surface area contributed by atoms with Crippen LogP contribution in [0.5, 0.6) is 0 Å². The van der Waals surface area contributed by atoms with Crippen molar-refractivity contribution < 1.29 is 0 Å². The number of aromatic nitrogens is 3. The molecule has 0 aliphatic rings. The van der Waals surface area contributed by atoms with Gasteiger partial charge >= 0.3 is 0 Å². The molecule has 0 bridgehead atoms. The molecule has 0 N–H and O–H groups in total. The van der Waals surface area contributed by atoms with Gasteiger partial charge in [-0.2, -0.15) is 0 Å². The van der Waals surface area contributed by atoms with Crippen molar-refractivity contribution in [3.8, 4) is 123 Å². The Morgan fingerprint density at radius 3 is 0.722 bits per heavy atom. The highest BCUT2D eigenvalue weighted by Crippen LogP contribution is 2.57. The molecule has 1 aromatic heterocycles. The third-order valence-corrected chi connectivity index (χ3v) is 13.3. The Labute approximate surface area is 421 Å². The zero-order valence-corrected chi connectivity index (χ0v) is 39.5. The standard InChI is InChI=1S/C69H47N3/c1-8-26-48(27-9-1)55-40-24-42-57(46-55)67-70-68(58-43-25-41-56(47-58)49-28-10-2-11-29-49)72-69(71-67)60-45-23-22-44-59(60)66-64(53-36-18-6-19-37-53)62(51-32-14-4-15-33-51)61(50-30-12-3-13-31-50)63(52-34-16-5-17-35-52)65(66)54-38-20-7-21-39-54/h1-47H. The second kappa shape index (κ2) is 19.8. The van der Waals surface area contributed by atoms with Crippen LogP contribution in [0.15, 0.2) is 285 Å². The molecule has 0 aliphatic heterocycles.